The second-order valence-corrected chi connectivity index (χ2v) is 9.14. The average molecular weight is 447 g/mol. The molecule has 3 aromatic carbocycles. The molecular formula is C24H22N4O3S. The van der Waals surface area contributed by atoms with E-state index < -0.39 is 11.0 Å². The first-order valence-electron chi connectivity index (χ1n) is 10.3. The number of fused-ring (bicyclic) bond motifs is 1. The van der Waals surface area contributed by atoms with Gasteiger partial charge in [-0.2, -0.15) is 0 Å². The highest BCUT2D eigenvalue weighted by Gasteiger charge is 2.49. The summed E-state index contributed by atoms with van der Waals surface area (Å²) < 4.78 is 0. The molecule has 162 valence electrons. The summed E-state index contributed by atoms with van der Waals surface area (Å²) in [5.74, 6) is -0.256. The number of carboxylic acid groups (broad SMARTS) is 1. The Kier molecular flexibility index (Phi) is 4.94. The Morgan fingerprint density at radius 1 is 1.06 bits per heavy atom. The maximum absolute atomic E-state index is 13.9. The third kappa shape index (κ3) is 3.33. The van der Waals surface area contributed by atoms with Crippen molar-refractivity contribution in [2.24, 2.45) is 0 Å². The van der Waals surface area contributed by atoms with Crippen molar-refractivity contribution in [3.63, 3.8) is 0 Å². The van der Waals surface area contributed by atoms with Crippen LogP contribution in [0.1, 0.15) is 12.0 Å². The molecule has 1 atom stereocenters. The minimum Gasteiger partial charge on any atom is -0.465 e. The van der Waals surface area contributed by atoms with Crippen LogP contribution in [0.5, 0.6) is 0 Å². The molecule has 0 saturated heterocycles. The zero-order valence-electron chi connectivity index (χ0n) is 17.2. The number of carbonyl (C=O) groups excluding carboxylic acids is 1. The van der Waals surface area contributed by atoms with Crippen LogP contribution in [-0.4, -0.2) is 35.1 Å². The molecule has 0 fully saturated rings. The van der Waals surface area contributed by atoms with E-state index in [0.717, 1.165) is 26.9 Å². The number of nitrogens with zero attached hydrogens (tertiary/aromatic N) is 1. The summed E-state index contributed by atoms with van der Waals surface area (Å²) in [5, 5.41) is 17.9. The molecule has 5 N–H and O–H groups in total. The lowest BCUT2D eigenvalue weighted by molar-refractivity contribution is -0.119. The van der Waals surface area contributed by atoms with E-state index >= 15 is 0 Å². The van der Waals surface area contributed by atoms with E-state index in [2.05, 4.69) is 10.6 Å². The quantitative estimate of drug-likeness (QED) is 0.450. The van der Waals surface area contributed by atoms with Gasteiger partial charge in [-0.1, -0.05) is 66.4 Å². The first-order valence-corrected chi connectivity index (χ1v) is 11.1. The summed E-state index contributed by atoms with van der Waals surface area (Å²) >= 11 is 1.38. The van der Waals surface area contributed by atoms with Gasteiger partial charge in [0, 0.05) is 29.1 Å². The number of para-hydroxylation sites is 2. The summed E-state index contributed by atoms with van der Waals surface area (Å²) in [6.45, 7) is 0.649. The number of nitrogens with two attached hydrogens (primary N) is 1. The Morgan fingerprint density at radius 2 is 1.81 bits per heavy atom. The van der Waals surface area contributed by atoms with E-state index in [1.54, 1.807) is 12.1 Å². The zero-order valence-corrected chi connectivity index (χ0v) is 18.0. The van der Waals surface area contributed by atoms with E-state index in [4.69, 9.17) is 5.73 Å². The molecule has 7 nitrogen and oxygen atoms in total. The zero-order chi connectivity index (χ0) is 22.3. The van der Waals surface area contributed by atoms with Crippen molar-refractivity contribution < 1.29 is 14.7 Å². The van der Waals surface area contributed by atoms with E-state index in [0.29, 0.717) is 24.3 Å². The molecule has 2 aliphatic rings. The SMILES string of the molecule is Nc1ccccc1NC(=O)C1(c2cccc3ccccc23)NC2=C(CN(C(=O)O)CC2)S1. The van der Waals surface area contributed by atoms with Gasteiger partial charge < -0.3 is 26.4 Å². The van der Waals surface area contributed by atoms with E-state index in [1.807, 2.05) is 54.6 Å². The van der Waals surface area contributed by atoms with Gasteiger partial charge in [-0.05, 0) is 22.9 Å². The lowest BCUT2D eigenvalue weighted by Gasteiger charge is -2.31. The van der Waals surface area contributed by atoms with Crippen LogP contribution >= 0.6 is 11.8 Å². The number of nitrogen functional groups attached to an aromatic ring is 1. The minimum atomic E-state index is -1.15. The summed E-state index contributed by atoms with van der Waals surface area (Å²) in [6, 6.07) is 21.0. The second kappa shape index (κ2) is 7.80. The first-order chi connectivity index (χ1) is 15.5. The lowest BCUT2D eigenvalue weighted by atomic mass is 9.96. The highest BCUT2D eigenvalue weighted by molar-refractivity contribution is 8.05. The fourth-order valence-electron chi connectivity index (χ4n) is 4.25. The van der Waals surface area contributed by atoms with E-state index in [9.17, 15) is 14.7 Å². The third-order valence-corrected chi connectivity index (χ3v) is 7.31. The molecule has 0 saturated carbocycles. The molecule has 3 aromatic rings. The first kappa shape index (κ1) is 20.3. The Labute approximate surface area is 189 Å². The fourth-order valence-corrected chi connectivity index (χ4v) is 5.72. The van der Waals surface area contributed by atoms with E-state index in [-0.39, 0.29) is 12.5 Å². The van der Waals surface area contributed by atoms with Crippen molar-refractivity contribution in [3.05, 3.63) is 82.9 Å². The van der Waals surface area contributed by atoms with Crippen molar-refractivity contribution in [1.29, 1.82) is 0 Å². The van der Waals surface area contributed by atoms with Crippen molar-refractivity contribution in [3.8, 4) is 0 Å². The smallest absolute Gasteiger partial charge is 0.407 e. The van der Waals surface area contributed by atoms with Crippen molar-refractivity contribution in [2.45, 2.75) is 11.3 Å². The number of amides is 2. The standard InChI is InChI=1S/C24H22N4O3S/c25-18-10-3-4-11-19(18)26-22(29)24(17-9-5-7-15-6-1-2-8-16(15)17)27-20-12-13-28(23(30)31)14-21(20)32-24/h1-11,27H,12-14,25H2,(H,26,29)(H,30,31). The number of thioether (sulfide) groups is 1. The number of rotatable bonds is 3. The number of nitrogens with one attached hydrogen (secondary N) is 2. The topological polar surface area (TPSA) is 108 Å². The molecule has 0 radical (unpaired) electrons. The Morgan fingerprint density at radius 3 is 2.62 bits per heavy atom. The van der Waals surface area contributed by atoms with Crippen molar-refractivity contribution >= 4 is 45.9 Å². The van der Waals surface area contributed by atoms with Crippen molar-refractivity contribution in [2.75, 3.05) is 24.1 Å². The monoisotopic (exact) mass is 446 g/mol. The normalized spacial score (nSPS) is 20.1. The Bertz CT molecular complexity index is 1270. The molecule has 0 bridgehead atoms. The van der Waals surface area contributed by atoms with Gasteiger partial charge in [0.15, 0.2) is 4.87 Å². The third-order valence-electron chi connectivity index (χ3n) is 5.87. The van der Waals surface area contributed by atoms with Gasteiger partial charge in [-0.15, -0.1) is 0 Å². The van der Waals surface area contributed by atoms with Gasteiger partial charge in [0.05, 0.1) is 17.9 Å². The van der Waals surface area contributed by atoms with Crippen LogP contribution in [0, 0.1) is 0 Å². The fraction of sp³-hybridized carbons (Fsp3) is 0.167. The average Bonchev–Trinajstić information content (AvgIpc) is 3.20. The molecule has 32 heavy (non-hydrogen) atoms. The largest absolute Gasteiger partial charge is 0.465 e. The Hall–Kier alpha value is -3.65. The van der Waals surface area contributed by atoms with Crippen LogP contribution in [0.3, 0.4) is 0 Å². The number of carbonyl (C=O) groups is 2. The van der Waals surface area contributed by atoms with Crippen molar-refractivity contribution in [1.82, 2.24) is 10.2 Å². The van der Waals surface area contributed by atoms with Gasteiger partial charge in [-0.3, -0.25) is 4.79 Å². The predicted octanol–water partition coefficient (Wildman–Crippen LogP) is 4.15. The van der Waals surface area contributed by atoms with Gasteiger partial charge in [0.25, 0.3) is 5.91 Å². The Balaban J connectivity index is 1.60. The predicted molar refractivity (Wildman–Crippen MR) is 127 cm³/mol. The van der Waals surface area contributed by atoms with Crippen LogP contribution in [-0.2, 0) is 9.67 Å². The van der Waals surface area contributed by atoms with Crippen LogP contribution < -0.4 is 16.4 Å². The molecule has 5 rings (SSSR count). The molecule has 0 spiro atoms. The molecule has 2 amide bonds. The molecular weight excluding hydrogens is 424 g/mol. The summed E-state index contributed by atoms with van der Waals surface area (Å²) in [5.41, 5.74) is 8.84. The molecule has 8 heteroatoms. The molecule has 0 aliphatic carbocycles. The van der Waals surface area contributed by atoms with Gasteiger partial charge in [0.2, 0.25) is 0 Å². The van der Waals surface area contributed by atoms with Gasteiger partial charge in [0.1, 0.15) is 0 Å². The number of hydrogen-bond acceptors (Lipinski definition) is 5. The van der Waals surface area contributed by atoms with Crippen LogP contribution in [0.2, 0.25) is 0 Å². The van der Waals surface area contributed by atoms with E-state index in [1.165, 1.54) is 16.7 Å². The van der Waals surface area contributed by atoms with Crippen LogP contribution in [0.25, 0.3) is 10.8 Å². The van der Waals surface area contributed by atoms with Crippen LogP contribution in [0.15, 0.2) is 77.3 Å². The number of anilines is 2. The molecule has 1 unspecified atom stereocenters. The molecule has 2 heterocycles. The van der Waals surface area contributed by atoms with Gasteiger partial charge in [-0.25, -0.2) is 4.79 Å². The summed E-state index contributed by atoms with van der Waals surface area (Å²) in [4.78, 5) is 26.5. The lowest BCUT2D eigenvalue weighted by Crippen LogP contribution is -2.46. The summed E-state index contributed by atoms with van der Waals surface area (Å²) in [7, 11) is 0. The maximum Gasteiger partial charge on any atom is 0.407 e. The highest BCUT2D eigenvalue weighted by Crippen LogP contribution is 2.50. The molecule has 0 aromatic heterocycles. The molecule has 2 aliphatic heterocycles. The second-order valence-electron chi connectivity index (χ2n) is 7.83. The van der Waals surface area contributed by atoms with Gasteiger partial charge >= 0.3 is 6.09 Å². The maximum atomic E-state index is 13.9. The highest BCUT2D eigenvalue weighted by atomic mass is 32.2. The summed E-state index contributed by atoms with van der Waals surface area (Å²) in [6.07, 6.45) is -0.427. The number of benzene rings is 3. The minimum absolute atomic E-state index is 0.256. The van der Waals surface area contributed by atoms with Crippen LogP contribution in [0.4, 0.5) is 16.2 Å². The number of hydrogen-bond donors (Lipinski definition) is 4.